The molecule has 0 unspecified atom stereocenters. The van der Waals surface area contributed by atoms with E-state index in [2.05, 4.69) is 17.1 Å². The van der Waals surface area contributed by atoms with Gasteiger partial charge in [-0.15, -0.1) is 11.3 Å². The van der Waals surface area contributed by atoms with Gasteiger partial charge in [0.25, 0.3) is 5.91 Å². The molecule has 0 spiro atoms. The van der Waals surface area contributed by atoms with Crippen molar-refractivity contribution >= 4 is 38.2 Å². The van der Waals surface area contributed by atoms with Gasteiger partial charge in [0.15, 0.2) is 0 Å². The fourth-order valence-corrected chi connectivity index (χ4v) is 7.53. The molecule has 9 nitrogen and oxygen atoms in total. The lowest BCUT2D eigenvalue weighted by molar-refractivity contribution is -0.0440. The molecule has 3 heterocycles. The van der Waals surface area contributed by atoms with Crippen molar-refractivity contribution in [2.75, 3.05) is 38.1 Å². The maximum Gasteiger partial charge on any atom is 0.341 e. The summed E-state index contributed by atoms with van der Waals surface area (Å²) in [4.78, 5) is 29.3. The van der Waals surface area contributed by atoms with E-state index in [0.717, 1.165) is 36.5 Å². The fourth-order valence-electron chi connectivity index (χ4n) is 4.66. The lowest BCUT2D eigenvalue weighted by Crippen LogP contribution is -2.48. The van der Waals surface area contributed by atoms with Crippen LogP contribution in [-0.2, 0) is 32.5 Å². The number of morpholine rings is 1. The van der Waals surface area contributed by atoms with Crippen molar-refractivity contribution in [1.29, 1.82) is 0 Å². The van der Waals surface area contributed by atoms with E-state index in [9.17, 15) is 18.0 Å². The van der Waals surface area contributed by atoms with E-state index in [1.54, 1.807) is 6.92 Å². The lowest BCUT2D eigenvalue weighted by Gasteiger charge is -2.34. The standard InChI is InChI=1S/C25H33N3O6S2/c1-5-27-12-11-20-21(15-27)35-24(22(20)25(30)33-6-2)26-23(29)18-7-9-19(10-8-18)36(31,32)28-13-16(3)34-17(4)14-28/h7-10,16-17H,5-6,11-15H2,1-4H3,(H,26,29)/t16-,17-/m0/s1. The van der Waals surface area contributed by atoms with Crippen LogP contribution in [0.25, 0.3) is 0 Å². The number of hydrogen-bond donors (Lipinski definition) is 1. The quantitative estimate of drug-likeness (QED) is 0.542. The Hall–Kier alpha value is -2.31. The summed E-state index contributed by atoms with van der Waals surface area (Å²) in [6, 6.07) is 5.87. The number of fused-ring (bicyclic) bond motifs is 1. The molecule has 0 aliphatic carbocycles. The molecule has 1 saturated heterocycles. The number of nitrogens with one attached hydrogen (secondary N) is 1. The van der Waals surface area contributed by atoms with Crippen LogP contribution in [0.1, 0.15) is 58.9 Å². The average molecular weight is 536 g/mol. The number of rotatable bonds is 7. The highest BCUT2D eigenvalue weighted by Gasteiger charge is 2.33. The number of anilines is 1. The summed E-state index contributed by atoms with van der Waals surface area (Å²) in [5, 5.41) is 3.34. The highest BCUT2D eigenvalue weighted by atomic mass is 32.2. The molecular weight excluding hydrogens is 502 g/mol. The third-order valence-electron chi connectivity index (χ3n) is 6.43. The number of ether oxygens (including phenoxy) is 2. The van der Waals surface area contributed by atoms with Crippen LogP contribution in [0.5, 0.6) is 0 Å². The number of carbonyl (C=O) groups excluding carboxylic acids is 2. The van der Waals surface area contributed by atoms with Gasteiger partial charge in [0.05, 0.1) is 29.3 Å². The number of thiophene rings is 1. The van der Waals surface area contributed by atoms with Crippen molar-refractivity contribution in [3.63, 3.8) is 0 Å². The highest BCUT2D eigenvalue weighted by molar-refractivity contribution is 7.89. The van der Waals surface area contributed by atoms with Gasteiger partial charge in [0.1, 0.15) is 5.00 Å². The van der Waals surface area contributed by atoms with Gasteiger partial charge >= 0.3 is 5.97 Å². The summed E-state index contributed by atoms with van der Waals surface area (Å²) < 4.78 is 38.6. The Bertz CT molecular complexity index is 1220. The van der Waals surface area contributed by atoms with Gasteiger partial charge in [-0.2, -0.15) is 4.31 Å². The molecule has 1 fully saturated rings. The van der Waals surface area contributed by atoms with Crippen molar-refractivity contribution in [2.24, 2.45) is 0 Å². The second-order valence-corrected chi connectivity index (χ2v) is 12.1. The summed E-state index contributed by atoms with van der Waals surface area (Å²) in [6.07, 6.45) is 0.334. The Morgan fingerprint density at radius 2 is 1.81 bits per heavy atom. The van der Waals surface area contributed by atoms with Crippen LogP contribution in [0, 0.1) is 0 Å². The monoisotopic (exact) mass is 535 g/mol. The largest absolute Gasteiger partial charge is 0.462 e. The Balaban J connectivity index is 1.55. The molecule has 196 valence electrons. The second-order valence-electron chi connectivity index (χ2n) is 9.10. The minimum absolute atomic E-state index is 0.124. The first-order valence-corrected chi connectivity index (χ1v) is 14.5. The van der Waals surface area contributed by atoms with E-state index < -0.39 is 21.9 Å². The number of likely N-dealkylation sites (N-methyl/N-ethyl adjacent to an activating group) is 1. The lowest BCUT2D eigenvalue weighted by atomic mass is 10.0. The van der Waals surface area contributed by atoms with Crippen LogP contribution in [0.3, 0.4) is 0 Å². The van der Waals surface area contributed by atoms with Crippen LogP contribution in [0.15, 0.2) is 29.2 Å². The molecule has 11 heteroatoms. The summed E-state index contributed by atoms with van der Waals surface area (Å²) in [6.45, 7) is 10.8. The molecule has 0 radical (unpaired) electrons. The average Bonchev–Trinajstić information content (AvgIpc) is 3.20. The molecule has 0 bridgehead atoms. The zero-order valence-corrected chi connectivity index (χ0v) is 22.7. The van der Waals surface area contributed by atoms with Crippen molar-refractivity contribution in [2.45, 2.75) is 57.8 Å². The Morgan fingerprint density at radius 3 is 2.42 bits per heavy atom. The van der Waals surface area contributed by atoms with Crippen LogP contribution in [0.2, 0.25) is 0 Å². The zero-order valence-electron chi connectivity index (χ0n) is 21.1. The van der Waals surface area contributed by atoms with E-state index in [1.165, 1.54) is 39.9 Å². The van der Waals surface area contributed by atoms with Crippen LogP contribution in [-0.4, -0.2) is 74.5 Å². The topological polar surface area (TPSA) is 105 Å². The number of amides is 1. The second kappa shape index (κ2) is 11.0. The number of nitrogens with zero attached hydrogens (tertiary/aromatic N) is 2. The maximum atomic E-state index is 13.1. The van der Waals surface area contributed by atoms with Crippen LogP contribution < -0.4 is 5.32 Å². The summed E-state index contributed by atoms with van der Waals surface area (Å²) in [5.74, 6) is -0.852. The molecule has 1 aromatic heterocycles. The highest BCUT2D eigenvalue weighted by Crippen LogP contribution is 2.38. The van der Waals surface area contributed by atoms with Crippen molar-refractivity contribution < 1.29 is 27.5 Å². The van der Waals surface area contributed by atoms with Crippen molar-refractivity contribution in [3.8, 4) is 0 Å². The molecule has 2 atom stereocenters. The molecule has 0 saturated carbocycles. The van der Waals surface area contributed by atoms with E-state index in [-0.39, 0.29) is 36.8 Å². The number of sulfonamides is 1. The molecular formula is C25H33N3O6S2. The minimum atomic E-state index is -3.71. The van der Waals surface area contributed by atoms with E-state index in [0.29, 0.717) is 16.1 Å². The number of benzene rings is 1. The maximum absolute atomic E-state index is 13.1. The molecule has 1 N–H and O–H groups in total. The first-order valence-electron chi connectivity index (χ1n) is 12.2. The van der Waals surface area contributed by atoms with E-state index in [4.69, 9.17) is 9.47 Å². The summed E-state index contributed by atoms with van der Waals surface area (Å²) >= 11 is 1.40. The molecule has 36 heavy (non-hydrogen) atoms. The first kappa shape index (κ1) is 26.7. The summed E-state index contributed by atoms with van der Waals surface area (Å²) in [7, 11) is -3.71. The normalized spacial score (nSPS) is 21.1. The predicted molar refractivity (Wildman–Crippen MR) is 138 cm³/mol. The van der Waals surface area contributed by atoms with Gasteiger partial charge in [0.2, 0.25) is 10.0 Å². The molecule has 2 aromatic rings. The molecule has 2 aliphatic heterocycles. The minimum Gasteiger partial charge on any atom is -0.462 e. The Labute approximate surface area is 216 Å². The zero-order chi connectivity index (χ0) is 26.0. The molecule has 1 aromatic carbocycles. The summed E-state index contributed by atoms with van der Waals surface area (Å²) in [5.41, 5.74) is 1.67. The Kier molecular flexibility index (Phi) is 8.15. The molecule has 2 aliphatic rings. The molecule has 4 rings (SSSR count). The smallest absolute Gasteiger partial charge is 0.341 e. The van der Waals surface area contributed by atoms with E-state index in [1.807, 2.05) is 13.8 Å². The predicted octanol–water partition coefficient (Wildman–Crippen LogP) is 3.35. The number of carbonyl (C=O) groups is 2. The van der Waals surface area contributed by atoms with Gasteiger partial charge in [-0.25, -0.2) is 13.2 Å². The van der Waals surface area contributed by atoms with Crippen LogP contribution >= 0.6 is 11.3 Å². The van der Waals surface area contributed by atoms with Gasteiger partial charge in [-0.05, 0) is 63.6 Å². The van der Waals surface area contributed by atoms with Crippen molar-refractivity contribution in [3.05, 3.63) is 45.8 Å². The Morgan fingerprint density at radius 1 is 1.14 bits per heavy atom. The van der Waals surface area contributed by atoms with Gasteiger partial charge in [-0.1, -0.05) is 6.92 Å². The SMILES string of the molecule is CCOC(=O)c1c(NC(=O)c2ccc(S(=O)(=O)N3C[C@H](C)O[C@@H](C)C3)cc2)sc2c1CCN(CC)C2. The van der Waals surface area contributed by atoms with E-state index >= 15 is 0 Å². The van der Waals surface area contributed by atoms with Gasteiger partial charge < -0.3 is 14.8 Å². The van der Waals surface area contributed by atoms with Crippen LogP contribution in [0.4, 0.5) is 5.00 Å². The van der Waals surface area contributed by atoms with Gasteiger partial charge in [0, 0.05) is 36.6 Å². The van der Waals surface area contributed by atoms with Gasteiger partial charge in [-0.3, -0.25) is 9.69 Å². The first-order chi connectivity index (χ1) is 17.1. The number of hydrogen-bond acceptors (Lipinski definition) is 8. The third kappa shape index (κ3) is 5.50. The van der Waals surface area contributed by atoms with Crippen molar-refractivity contribution in [1.82, 2.24) is 9.21 Å². The third-order valence-corrected chi connectivity index (χ3v) is 9.41. The fraction of sp³-hybridized carbons (Fsp3) is 0.520. The molecule has 1 amide bonds. The number of esters is 1.